The molecule has 0 saturated heterocycles. The lowest BCUT2D eigenvalue weighted by atomic mass is 10.2. The highest BCUT2D eigenvalue weighted by molar-refractivity contribution is 5.39. The van der Waals surface area contributed by atoms with Crippen molar-refractivity contribution in [2.45, 2.75) is 13.5 Å². The van der Waals surface area contributed by atoms with Crippen molar-refractivity contribution < 1.29 is 9.47 Å². The van der Waals surface area contributed by atoms with Crippen LogP contribution in [0.15, 0.2) is 42.6 Å². The van der Waals surface area contributed by atoms with Crippen LogP contribution in [0.1, 0.15) is 12.5 Å². The summed E-state index contributed by atoms with van der Waals surface area (Å²) in [5.41, 5.74) is 7.41. The molecule has 4 nitrogen and oxygen atoms in total. The minimum atomic E-state index is 0.442. The van der Waals surface area contributed by atoms with Gasteiger partial charge in [-0.05, 0) is 36.8 Å². The van der Waals surface area contributed by atoms with Crippen molar-refractivity contribution in [1.29, 1.82) is 0 Å². The van der Waals surface area contributed by atoms with Gasteiger partial charge in [-0.25, -0.2) is 4.98 Å². The van der Waals surface area contributed by atoms with Gasteiger partial charge in [0.15, 0.2) is 5.75 Å². The molecule has 2 aromatic rings. The van der Waals surface area contributed by atoms with Crippen LogP contribution in [0.4, 0.5) is 5.69 Å². The highest BCUT2D eigenvalue weighted by atomic mass is 16.5. The Morgan fingerprint density at radius 2 is 1.89 bits per heavy atom. The van der Waals surface area contributed by atoms with Crippen LogP contribution in [-0.2, 0) is 6.61 Å². The van der Waals surface area contributed by atoms with E-state index in [1.165, 1.54) is 0 Å². The lowest BCUT2D eigenvalue weighted by molar-refractivity contribution is 0.259. The summed E-state index contributed by atoms with van der Waals surface area (Å²) in [6.45, 7) is 2.96. The molecule has 0 spiro atoms. The van der Waals surface area contributed by atoms with Crippen LogP contribution in [0.25, 0.3) is 0 Å². The number of benzene rings is 1. The molecule has 0 amide bonds. The summed E-state index contributed by atoms with van der Waals surface area (Å²) in [6.07, 6.45) is 1.68. The van der Waals surface area contributed by atoms with Gasteiger partial charge in [0.05, 0.1) is 6.61 Å². The van der Waals surface area contributed by atoms with Gasteiger partial charge in [-0.1, -0.05) is 12.1 Å². The first-order chi connectivity index (χ1) is 8.79. The summed E-state index contributed by atoms with van der Waals surface area (Å²) in [7, 11) is 0. The maximum absolute atomic E-state index is 5.64. The Bertz CT molecular complexity index is 497. The Kier molecular flexibility index (Phi) is 4.02. The van der Waals surface area contributed by atoms with E-state index in [2.05, 4.69) is 4.98 Å². The van der Waals surface area contributed by atoms with E-state index in [9.17, 15) is 0 Å². The molecule has 0 fully saturated rings. The first kappa shape index (κ1) is 12.2. The van der Waals surface area contributed by atoms with Crippen LogP contribution in [0.2, 0.25) is 0 Å². The summed E-state index contributed by atoms with van der Waals surface area (Å²) in [6, 6.07) is 11.2. The summed E-state index contributed by atoms with van der Waals surface area (Å²) >= 11 is 0. The minimum Gasteiger partial charge on any atom is -0.488 e. The molecule has 0 aliphatic heterocycles. The molecule has 1 heterocycles. The predicted molar refractivity (Wildman–Crippen MR) is 70.6 cm³/mol. The van der Waals surface area contributed by atoms with Crippen LogP contribution in [0, 0.1) is 0 Å². The molecule has 1 aromatic heterocycles. The molecule has 18 heavy (non-hydrogen) atoms. The van der Waals surface area contributed by atoms with Crippen LogP contribution in [0.5, 0.6) is 11.6 Å². The van der Waals surface area contributed by atoms with Crippen molar-refractivity contribution in [1.82, 2.24) is 4.98 Å². The Morgan fingerprint density at radius 3 is 2.61 bits per heavy atom. The molecule has 94 valence electrons. The van der Waals surface area contributed by atoms with Gasteiger partial charge >= 0.3 is 0 Å². The van der Waals surface area contributed by atoms with Gasteiger partial charge in [-0.15, -0.1) is 0 Å². The molecule has 1 aromatic carbocycles. The normalized spacial score (nSPS) is 10.1. The average Bonchev–Trinajstić information content (AvgIpc) is 2.40. The smallest absolute Gasteiger partial charge is 0.257 e. The quantitative estimate of drug-likeness (QED) is 0.821. The van der Waals surface area contributed by atoms with Crippen molar-refractivity contribution in [2.24, 2.45) is 0 Å². The second-order valence-corrected chi connectivity index (χ2v) is 3.77. The number of nitrogens with zero attached hydrogens (tertiary/aromatic N) is 1. The Morgan fingerprint density at radius 1 is 1.11 bits per heavy atom. The second kappa shape index (κ2) is 5.91. The third-order valence-electron chi connectivity index (χ3n) is 2.39. The largest absolute Gasteiger partial charge is 0.488 e. The Labute approximate surface area is 106 Å². The lowest BCUT2D eigenvalue weighted by Gasteiger charge is -2.10. The van der Waals surface area contributed by atoms with Crippen molar-refractivity contribution in [3.05, 3.63) is 48.2 Å². The number of nitrogen functional groups attached to an aromatic ring is 1. The van der Waals surface area contributed by atoms with Gasteiger partial charge in [0, 0.05) is 11.9 Å². The predicted octanol–water partition coefficient (Wildman–Crippen LogP) is 2.64. The van der Waals surface area contributed by atoms with Gasteiger partial charge in [0.2, 0.25) is 0 Å². The molecular weight excluding hydrogens is 228 g/mol. The topological polar surface area (TPSA) is 57.4 Å². The molecule has 2 rings (SSSR count). The SMILES string of the molecule is CCOc1cccnc1OCc1ccc(N)cc1. The first-order valence-electron chi connectivity index (χ1n) is 5.84. The number of aromatic nitrogens is 1. The summed E-state index contributed by atoms with van der Waals surface area (Å²) < 4.78 is 11.1. The van der Waals surface area contributed by atoms with Crippen LogP contribution < -0.4 is 15.2 Å². The third-order valence-corrected chi connectivity index (χ3v) is 2.39. The van der Waals surface area contributed by atoms with Crippen molar-refractivity contribution >= 4 is 5.69 Å². The van der Waals surface area contributed by atoms with Crippen LogP contribution in [-0.4, -0.2) is 11.6 Å². The molecular formula is C14H16N2O2. The fraction of sp³-hybridized carbons (Fsp3) is 0.214. The molecule has 0 bridgehead atoms. The molecule has 0 unspecified atom stereocenters. The maximum atomic E-state index is 5.64. The third kappa shape index (κ3) is 3.13. The summed E-state index contributed by atoms with van der Waals surface area (Å²) in [5.74, 6) is 1.17. The molecule has 0 atom stereocenters. The number of ether oxygens (including phenoxy) is 2. The van der Waals surface area contributed by atoms with E-state index >= 15 is 0 Å². The fourth-order valence-electron chi connectivity index (χ4n) is 1.52. The number of pyridine rings is 1. The average molecular weight is 244 g/mol. The van der Waals surface area contributed by atoms with Crippen molar-refractivity contribution in [2.75, 3.05) is 12.3 Å². The first-order valence-corrected chi connectivity index (χ1v) is 5.84. The van der Waals surface area contributed by atoms with Gasteiger partial charge < -0.3 is 15.2 Å². The number of hydrogen-bond donors (Lipinski definition) is 1. The molecule has 4 heteroatoms. The number of anilines is 1. The van der Waals surface area contributed by atoms with E-state index in [0.29, 0.717) is 24.8 Å². The van der Waals surface area contributed by atoms with Crippen LogP contribution >= 0.6 is 0 Å². The van der Waals surface area contributed by atoms with Gasteiger partial charge in [0.25, 0.3) is 5.88 Å². The monoisotopic (exact) mass is 244 g/mol. The minimum absolute atomic E-state index is 0.442. The van der Waals surface area contributed by atoms with E-state index in [1.54, 1.807) is 6.20 Å². The van der Waals surface area contributed by atoms with Gasteiger partial charge in [-0.3, -0.25) is 0 Å². The van der Waals surface area contributed by atoms with E-state index in [0.717, 1.165) is 11.3 Å². The van der Waals surface area contributed by atoms with E-state index in [-0.39, 0.29) is 0 Å². The van der Waals surface area contributed by atoms with Gasteiger partial charge in [-0.2, -0.15) is 0 Å². The zero-order valence-corrected chi connectivity index (χ0v) is 10.3. The Balaban J connectivity index is 2.03. The fourth-order valence-corrected chi connectivity index (χ4v) is 1.52. The number of rotatable bonds is 5. The van der Waals surface area contributed by atoms with E-state index in [4.69, 9.17) is 15.2 Å². The highest BCUT2D eigenvalue weighted by Crippen LogP contribution is 2.24. The number of hydrogen-bond acceptors (Lipinski definition) is 4. The zero-order chi connectivity index (χ0) is 12.8. The van der Waals surface area contributed by atoms with E-state index < -0.39 is 0 Å². The number of nitrogens with two attached hydrogens (primary N) is 1. The zero-order valence-electron chi connectivity index (χ0n) is 10.3. The molecule has 0 radical (unpaired) electrons. The molecule has 0 saturated carbocycles. The Hall–Kier alpha value is -2.23. The highest BCUT2D eigenvalue weighted by Gasteiger charge is 2.05. The second-order valence-electron chi connectivity index (χ2n) is 3.77. The van der Waals surface area contributed by atoms with Crippen molar-refractivity contribution in [3.63, 3.8) is 0 Å². The standard InChI is InChI=1S/C14H16N2O2/c1-2-17-13-4-3-9-16-14(13)18-10-11-5-7-12(15)8-6-11/h3-9H,2,10,15H2,1H3. The molecule has 0 aliphatic carbocycles. The summed E-state index contributed by atoms with van der Waals surface area (Å²) in [5, 5.41) is 0. The molecule has 0 aliphatic rings. The van der Waals surface area contributed by atoms with Gasteiger partial charge in [0.1, 0.15) is 6.61 Å². The van der Waals surface area contributed by atoms with E-state index in [1.807, 2.05) is 43.3 Å². The molecule has 2 N–H and O–H groups in total. The summed E-state index contributed by atoms with van der Waals surface area (Å²) in [4.78, 5) is 4.16. The lowest BCUT2D eigenvalue weighted by Crippen LogP contribution is -2.01. The van der Waals surface area contributed by atoms with Crippen LogP contribution in [0.3, 0.4) is 0 Å². The maximum Gasteiger partial charge on any atom is 0.257 e. The van der Waals surface area contributed by atoms with Crippen molar-refractivity contribution in [3.8, 4) is 11.6 Å².